The maximum absolute atomic E-state index is 11.9. The van der Waals surface area contributed by atoms with E-state index in [4.69, 9.17) is 97.5 Å². The summed E-state index contributed by atoms with van der Waals surface area (Å²) < 4.78 is 10.4. The SMILES string of the molecule is CC(=O)C(C)(C)Sc1ccc2c(C)nn(Cc3c(Cl)cccc3Cl)c2c1.CCOC(=O)C(C)(C)S.Cc1[nH]nc2cc(Br)ccc12.Cc1nn(Cc2c(Cl)cccc2Cl)c2cc(Br)ccc12.Cc1nn(Cc2c(Cl)cccc2Cl)c2cc(SC(C)(C)C(=O)O)ccc12.Clc1cccc(Cl)c1CBr.[Na+].[OH-]. The van der Waals surface area contributed by atoms with Crippen molar-refractivity contribution < 1.29 is 59.3 Å². The predicted octanol–water partition coefficient (Wildman–Crippen LogP) is 21.9. The first kappa shape index (κ1) is 90.6. The van der Waals surface area contributed by atoms with E-state index in [9.17, 15) is 19.5 Å². The number of aryl methyl sites for hydroxylation is 4. The van der Waals surface area contributed by atoms with Crippen LogP contribution in [-0.2, 0) is 44.1 Å². The minimum atomic E-state index is -0.917. The number of benzene rings is 8. The molecule has 0 fully saturated rings. The summed E-state index contributed by atoms with van der Waals surface area (Å²) in [5.41, 5.74) is 11.5. The smallest absolute Gasteiger partial charge is 0.870 e. The van der Waals surface area contributed by atoms with Crippen molar-refractivity contribution in [2.45, 2.75) is 132 Å². The van der Waals surface area contributed by atoms with Gasteiger partial charge >= 0.3 is 41.5 Å². The van der Waals surface area contributed by atoms with Gasteiger partial charge in [-0.2, -0.15) is 33.0 Å². The summed E-state index contributed by atoms with van der Waals surface area (Å²) in [5.74, 6) is -0.974. The monoisotopic (exact) mass is 1820 g/mol. The fraction of sp³-hybridized carbons (Fsp3) is 0.267. The van der Waals surface area contributed by atoms with Gasteiger partial charge in [0.1, 0.15) is 15.3 Å². The van der Waals surface area contributed by atoms with Crippen LogP contribution in [0, 0.1) is 27.7 Å². The number of carboxylic acids is 1. The molecule has 0 spiro atoms. The van der Waals surface area contributed by atoms with Gasteiger partial charge in [-0.3, -0.25) is 33.5 Å². The number of Topliss-reactive ketones (excluding diaryl/α,β-unsaturated/α-hetero) is 1. The van der Waals surface area contributed by atoms with Gasteiger partial charge < -0.3 is 15.3 Å². The Balaban J connectivity index is 0.000000234. The number of rotatable bonds is 15. The van der Waals surface area contributed by atoms with E-state index in [0.29, 0.717) is 71.8 Å². The number of nitrogens with one attached hydrogen (secondary N) is 1. The molecular formula is C75H74Br3Cl8N8NaO6S3. The van der Waals surface area contributed by atoms with Crippen molar-refractivity contribution in [3.8, 4) is 0 Å². The molecule has 4 heterocycles. The van der Waals surface area contributed by atoms with Crippen LogP contribution >= 0.6 is 177 Å². The van der Waals surface area contributed by atoms with Crippen LogP contribution in [0.1, 0.15) is 100 Å². The van der Waals surface area contributed by atoms with Crippen LogP contribution in [0.25, 0.3) is 43.6 Å². The number of carbonyl (C=O) groups excluding carboxylic acids is 2. The quantitative estimate of drug-likeness (QED) is 0.0290. The number of carboxylic acid groups (broad SMARTS) is 1. The third-order valence-corrected chi connectivity index (χ3v) is 22.6. The number of alkyl halides is 1. The summed E-state index contributed by atoms with van der Waals surface area (Å²) >= 11 is 66.4. The second kappa shape index (κ2) is 40.6. The van der Waals surface area contributed by atoms with E-state index in [-0.39, 0.29) is 46.8 Å². The van der Waals surface area contributed by atoms with Gasteiger partial charge in [-0.25, -0.2) is 0 Å². The van der Waals surface area contributed by atoms with Crippen LogP contribution in [0.3, 0.4) is 0 Å². The summed E-state index contributed by atoms with van der Waals surface area (Å²) in [6, 6.07) is 46.2. The minimum Gasteiger partial charge on any atom is -0.870 e. The third-order valence-electron chi connectivity index (χ3n) is 15.6. The fourth-order valence-corrected chi connectivity index (χ4v) is 15.5. The van der Waals surface area contributed by atoms with Crippen molar-refractivity contribution in [1.82, 2.24) is 39.5 Å². The van der Waals surface area contributed by atoms with E-state index in [2.05, 4.69) is 116 Å². The molecule has 8 aromatic carbocycles. The maximum Gasteiger partial charge on any atom is 1.00 e. The number of hydrogen-bond donors (Lipinski definition) is 3. The Morgan fingerprint density at radius 3 is 1.16 bits per heavy atom. The molecule has 0 saturated carbocycles. The average molecular weight is 1830 g/mol. The summed E-state index contributed by atoms with van der Waals surface area (Å²) in [5, 5.41) is 40.6. The fourth-order valence-electron chi connectivity index (χ4n) is 9.73. The molecule has 14 nitrogen and oxygen atoms in total. The van der Waals surface area contributed by atoms with E-state index < -0.39 is 20.2 Å². The standard InChI is InChI=1S/C20H20Cl2N2OS.C19H18Cl2N2O2S.C15H11BrCl2N2.C8H7BrN2.C7H5BrCl2.C6H12O2S.Na.H2O/c1-12-15-9-8-14(26-20(3,4)13(2)25)10-19(15)24(23-12)11-16-17(21)6-5-7-18(16)22;1-11-13-8-7-12(26-19(2,3)18(24)25)9-17(13)23(22-11)10-14-15(20)5-4-6-16(14)21;1-9-11-6-5-10(16)7-15(11)20(19-9)8-12-13(17)3-2-4-14(12)18;1-5-7-3-2-6(9)4-8(7)11-10-5;8-4-5-6(9)2-1-3-7(5)10;1-4-8-5(7)6(2,3)9;;/h5-10H,11H2,1-4H3;4-9H,10H2,1-3H3,(H,24,25);2-7H,8H2,1H3;2-4H,1H3,(H,10,11);1-3H,4H2;9H,4H2,1-3H3;;1H2/q;;;;;;+1;/p-1. The van der Waals surface area contributed by atoms with Crippen molar-refractivity contribution in [2.75, 3.05) is 6.61 Å². The number of thioether (sulfide) groups is 2. The number of H-pyrrole nitrogens is 1. The van der Waals surface area contributed by atoms with Crippen molar-refractivity contribution in [3.05, 3.63) is 240 Å². The van der Waals surface area contributed by atoms with E-state index in [1.54, 1.807) is 65.4 Å². The molecular weight excluding hydrogens is 1750 g/mol. The predicted molar refractivity (Wildman–Crippen MR) is 445 cm³/mol. The zero-order valence-corrected chi connectivity index (χ0v) is 74.3. The van der Waals surface area contributed by atoms with Gasteiger partial charge in [0.2, 0.25) is 0 Å². The molecule has 29 heteroatoms. The normalized spacial score (nSPS) is 11.2. The molecule has 546 valence electrons. The molecule has 3 N–H and O–H groups in total. The van der Waals surface area contributed by atoms with E-state index >= 15 is 0 Å². The van der Waals surface area contributed by atoms with E-state index in [1.165, 1.54) is 17.1 Å². The second-order valence-corrected chi connectivity index (χ2v) is 34.7. The van der Waals surface area contributed by atoms with Crippen molar-refractivity contribution in [3.63, 3.8) is 0 Å². The van der Waals surface area contributed by atoms with Crippen molar-refractivity contribution in [2.24, 2.45) is 0 Å². The third kappa shape index (κ3) is 24.5. The van der Waals surface area contributed by atoms with E-state index in [0.717, 1.165) is 102 Å². The van der Waals surface area contributed by atoms with Gasteiger partial charge in [-0.1, -0.05) is 165 Å². The average Bonchev–Trinajstić information content (AvgIpc) is 1.64. The molecule has 12 rings (SSSR count). The molecule has 0 bridgehead atoms. The van der Waals surface area contributed by atoms with Crippen LogP contribution in [0.5, 0.6) is 0 Å². The van der Waals surface area contributed by atoms with Gasteiger partial charge in [0.25, 0.3) is 0 Å². The molecule has 104 heavy (non-hydrogen) atoms. The topological polar surface area (TPSA) is 193 Å². The Morgan fingerprint density at radius 2 is 0.846 bits per heavy atom. The summed E-state index contributed by atoms with van der Waals surface area (Å²) in [6.45, 7) is 23.9. The molecule has 0 aliphatic carbocycles. The molecule has 12 aromatic rings. The summed E-state index contributed by atoms with van der Waals surface area (Å²) in [6.07, 6.45) is 0. The Morgan fingerprint density at radius 1 is 0.519 bits per heavy atom. The Labute approximate surface area is 707 Å². The van der Waals surface area contributed by atoms with Crippen LogP contribution < -0.4 is 29.6 Å². The zero-order chi connectivity index (χ0) is 75.3. The number of aromatic amines is 1. The summed E-state index contributed by atoms with van der Waals surface area (Å²) in [7, 11) is 0. The van der Waals surface area contributed by atoms with Crippen LogP contribution in [-0.4, -0.2) is 88.7 Å². The molecule has 0 aliphatic rings. The van der Waals surface area contributed by atoms with Crippen LogP contribution in [0.2, 0.25) is 40.2 Å². The number of hydrogen-bond acceptors (Lipinski definition) is 12. The van der Waals surface area contributed by atoms with Crippen LogP contribution in [0.15, 0.2) is 164 Å². The van der Waals surface area contributed by atoms with Gasteiger partial charge in [0, 0.05) is 108 Å². The largest absolute Gasteiger partial charge is 1.00 e. The Hall–Kier alpha value is -3.98. The molecule has 0 saturated heterocycles. The minimum absolute atomic E-state index is 0. The molecule has 0 amide bonds. The maximum atomic E-state index is 11.9. The number of halogens is 11. The first-order valence-corrected chi connectivity index (χ1v) is 39.2. The number of aromatic nitrogens is 8. The Kier molecular flexibility index (Phi) is 35.4. The molecule has 0 aliphatic heterocycles. The van der Waals surface area contributed by atoms with Gasteiger partial charge in [0.15, 0.2) is 0 Å². The summed E-state index contributed by atoms with van der Waals surface area (Å²) in [4.78, 5) is 35.9. The number of ether oxygens (including phenoxy) is 1. The second-order valence-electron chi connectivity index (χ2n) is 24.6. The van der Waals surface area contributed by atoms with Gasteiger partial charge in [-0.05, 0) is 210 Å². The first-order chi connectivity index (χ1) is 47.9. The molecule has 4 aromatic heterocycles. The van der Waals surface area contributed by atoms with E-state index in [1.807, 2.05) is 159 Å². The van der Waals surface area contributed by atoms with Crippen molar-refractivity contribution >= 4 is 238 Å². The number of thiol groups is 1. The Bertz CT molecular complexity index is 4770. The first-order valence-electron chi connectivity index (χ1n) is 31.4. The van der Waals surface area contributed by atoms with Gasteiger partial charge in [-0.15, -0.1) is 23.5 Å². The number of aliphatic carboxylic acids is 1. The van der Waals surface area contributed by atoms with Crippen LogP contribution in [0.4, 0.5) is 0 Å². The number of fused-ring (bicyclic) bond motifs is 4. The number of carbonyl (C=O) groups is 3. The number of nitrogens with zero attached hydrogens (tertiary/aromatic N) is 7. The molecule has 0 atom stereocenters. The van der Waals surface area contributed by atoms with Gasteiger partial charge in [0.05, 0.1) is 70.1 Å². The number of ketones is 1. The zero-order valence-electron chi connectivity index (χ0n) is 59.0. The van der Waals surface area contributed by atoms with Crippen molar-refractivity contribution in [1.29, 1.82) is 0 Å². The molecule has 0 unspecified atom stereocenters. The molecule has 0 radical (unpaired) electrons. The number of esters is 1.